The number of hydrogen-bond donors (Lipinski definition) is 1. The number of aryl methyl sites for hydroxylation is 1. The zero-order chi connectivity index (χ0) is 20.3. The second-order valence-electron chi connectivity index (χ2n) is 7.47. The maximum Gasteiger partial charge on any atom is 1.00 e. The van der Waals surface area contributed by atoms with Crippen LogP contribution in [0.3, 0.4) is 0 Å². The minimum absolute atomic E-state index is 0. The molecule has 4 rings (SSSR count). The van der Waals surface area contributed by atoms with E-state index in [0.29, 0.717) is 11.1 Å². The van der Waals surface area contributed by atoms with Gasteiger partial charge >= 0.3 is 51.4 Å². The molecule has 1 N–H and O–H groups in total. The van der Waals surface area contributed by atoms with Crippen LogP contribution in [-0.4, -0.2) is 19.3 Å². The summed E-state index contributed by atoms with van der Waals surface area (Å²) in [4.78, 5) is 22.3. The molecule has 2 saturated carbocycles. The number of carbonyl (C=O) groups is 1. The van der Waals surface area contributed by atoms with Crippen molar-refractivity contribution in [1.82, 2.24) is 0 Å². The van der Waals surface area contributed by atoms with Crippen molar-refractivity contribution in [2.75, 3.05) is 12.4 Å². The molecule has 2 unspecified atom stereocenters. The Morgan fingerprint density at radius 3 is 2.48 bits per heavy atom. The summed E-state index contributed by atoms with van der Waals surface area (Å²) in [5.74, 6) is 2.90. The van der Waals surface area contributed by atoms with Gasteiger partial charge in [0.1, 0.15) is 5.75 Å². The average Bonchev–Trinajstić information content (AvgIpc) is 3.31. The van der Waals surface area contributed by atoms with Gasteiger partial charge in [-0.1, -0.05) is 6.07 Å². The van der Waals surface area contributed by atoms with E-state index < -0.39 is 0 Å². The van der Waals surface area contributed by atoms with Crippen molar-refractivity contribution < 1.29 is 65.7 Å². The first-order chi connectivity index (χ1) is 13.4. The van der Waals surface area contributed by atoms with Gasteiger partial charge in [-0.25, -0.2) is 6.07 Å². The van der Waals surface area contributed by atoms with Gasteiger partial charge in [-0.15, -0.1) is 32.5 Å². The summed E-state index contributed by atoms with van der Waals surface area (Å²) in [7, 11) is 1.65. The molecule has 0 aromatic heterocycles. The Balaban J connectivity index is 0.000000234. The van der Waals surface area contributed by atoms with E-state index in [2.05, 4.69) is 28.2 Å². The molecule has 0 heterocycles. The molecular formula is C23H24BrKNO3-. The molecule has 6 heteroatoms. The fraction of sp³-hybridized carbons (Fsp3) is 0.348. The number of ether oxygens (including phenoxy) is 1. The normalized spacial score (nSPS) is 21.0. The molecule has 0 radical (unpaired) electrons. The minimum Gasteiger partial charge on any atom is -0.496 e. The number of nitrogens with one attached hydrogen (secondary N) is 1. The Morgan fingerprint density at radius 1 is 1.21 bits per heavy atom. The molecule has 2 aromatic rings. The summed E-state index contributed by atoms with van der Waals surface area (Å²) in [5, 5.41) is 3.01. The van der Waals surface area contributed by atoms with Gasteiger partial charge < -0.3 is 14.8 Å². The van der Waals surface area contributed by atoms with Crippen molar-refractivity contribution >= 4 is 33.8 Å². The number of hydrogen-bond acceptors (Lipinski definition) is 3. The van der Waals surface area contributed by atoms with E-state index in [1.165, 1.54) is 6.42 Å². The Morgan fingerprint density at radius 2 is 1.90 bits per heavy atom. The van der Waals surface area contributed by atoms with Crippen LogP contribution in [0.2, 0.25) is 0 Å². The summed E-state index contributed by atoms with van der Waals surface area (Å²) in [6.45, 7) is 5.68. The van der Waals surface area contributed by atoms with Crippen molar-refractivity contribution in [2.45, 2.75) is 26.2 Å². The number of amides is 1. The van der Waals surface area contributed by atoms with Gasteiger partial charge in [0.05, 0.1) is 7.11 Å². The molecule has 0 saturated heterocycles. The summed E-state index contributed by atoms with van der Waals surface area (Å²) in [5.41, 5.74) is 3.12. The van der Waals surface area contributed by atoms with Gasteiger partial charge in [-0.2, -0.15) is 0 Å². The fourth-order valence-corrected chi connectivity index (χ4v) is 4.09. The van der Waals surface area contributed by atoms with Crippen molar-refractivity contribution in [2.24, 2.45) is 17.8 Å². The van der Waals surface area contributed by atoms with E-state index in [4.69, 9.17) is 4.74 Å². The first-order valence-electron chi connectivity index (χ1n) is 9.37. The Bertz CT molecular complexity index is 876. The molecule has 1 amide bonds. The topological polar surface area (TPSA) is 55.4 Å². The smallest absolute Gasteiger partial charge is 0.496 e. The number of anilines is 1. The van der Waals surface area contributed by atoms with Crippen LogP contribution in [0.15, 0.2) is 40.9 Å². The minimum atomic E-state index is 0. The zero-order valence-corrected chi connectivity index (χ0v) is 21.8. The van der Waals surface area contributed by atoms with Crippen molar-refractivity contribution in [3.63, 3.8) is 0 Å². The maximum absolute atomic E-state index is 12.1. The predicted octanol–water partition coefficient (Wildman–Crippen LogP) is 2.08. The molecule has 2 aliphatic carbocycles. The molecule has 2 aromatic carbocycles. The SMILES string of the molecule is COc1cc(NC(=O)C2CC3CC3C2)ccc1C.[CH2-]c1c(Br)cccc1[C-]=O.[K+]. The number of halogens is 1. The van der Waals surface area contributed by atoms with Gasteiger partial charge in [0.25, 0.3) is 0 Å². The summed E-state index contributed by atoms with van der Waals surface area (Å²) in [6.07, 6.45) is 5.31. The van der Waals surface area contributed by atoms with Gasteiger partial charge in [-0.3, -0.25) is 22.8 Å². The molecule has 2 fully saturated rings. The standard InChI is InChI=1S/C15H19NO2.C8H5BrO.K/c1-9-3-4-13(8-14(9)18-2)16-15(17)12-6-10-5-11(10)7-12;1-6-7(5-10)3-2-4-8(6)9;/h3-4,8,10-12H,5-7H2,1-2H3,(H,16,17);2-4H,1H2;/q;-2;+1. The second kappa shape index (κ2) is 11.1. The Kier molecular flexibility index (Phi) is 9.44. The van der Waals surface area contributed by atoms with Gasteiger partial charge in [0.15, 0.2) is 0 Å². The summed E-state index contributed by atoms with van der Waals surface area (Å²) in [6, 6.07) is 11.1. The Hall–Kier alpha value is -0.634. The molecule has 0 spiro atoms. The molecule has 0 aliphatic heterocycles. The van der Waals surface area contributed by atoms with Crippen LogP contribution in [0.1, 0.15) is 36.0 Å². The molecule has 2 atom stereocenters. The molecule has 29 heavy (non-hydrogen) atoms. The molecule has 0 bridgehead atoms. The number of carbonyl (C=O) groups excluding carboxylic acids is 2. The Labute approximate surface area is 223 Å². The molecular weight excluding hydrogens is 457 g/mol. The maximum atomic E-state index is 12.1. The summed E-state index contributed by atoms with van der Waals surface area (Å²) < 4.78 is 6.11. The molecule has 4 nitrogen and oxygen atoms in total. The monoisotopic (exact) mass is 480 g/mol. The van der Waals surface area contributed by atoms with Crippen molar-refractivity contribution in [1.29, 1.82) is 0 Å². The van der Waals surface area contributed by atoms with E-state index in [-0.39, 0.29) is 63.2 Å². The number of fused-ring (bicyclic) bond motifs is 1. The quantitative estimate of drug-likeness (QED) is 0.538. The molecule has 148 valence electrons. The average molecular weight is 481 g/mol. The van der Waals surface area contributed by atoms with Gasteiger partial charge in [-0.05, 0) is 55.9 Å². The van der Waals surface area contributed by atoms with Crippen LogP contribution in [0, 0.1) is 31.6 Å². The number of rotatable bonds is 4. The van der Waals surface area contributed by atoms with Crippen LogP contribution >= 0.6 is 15.9 Å². The van der Waals surface area contributed by atoms with E-state index in [0.717, 1.165) is 46.2 Å². The summed E-state index contributed by atoms with van der Waals surface area (Å²) >= 11 is 3.25. The first-order valence-corrected chi connectivity index (χ1v) is 10.2. The largest absolute Gasteiger partial charge is 1.00 e. The first kappa shape index (κ1) is 24.6. The van der Waals surface area contributed by atoms with Crippen LogP contribution in [-0.2, 0) is 9.59 Å². The van der Waals surface area contributed by atoms with Crippen LogP contribution in [0.4, 0.5) is 5.69 Å². The predicted molar refractivity (Wildman–Crippen MR) is 114 cm³/mol. The van der Waals surface area contributed by atoms with E-state index in [1.807, 2.05) is 31.2 Å². The fourth-order valence-electron chi connectivity index (χ4n) is 3.73. The van der Waals surface area contributed by atoms with E-state index in [1.54, 1.807) is 25.5 Å². The van der Waals surface area contributed by atoms with E-state index in [9.17, 15) is 9.59 Å². The van der Waals surface area contributed by atoms with Crippen LogP contribution in [0.5, 0.6) is 5.75 Å². The van der Waals surface area contributed by atoms with Crippen LogP contribution < -0.4 is 61.4 Å². The van der Waals surface area contributed by atoms with Gasteiger partial charge in [0, 0.05) is 17.7 Å². The van der Waals surface area contributed by atoms with Gasteiger partial charge in [0.2, 0.25) is 5.91 Å². The number of benzene rings is 2. The third-order valence-electron chi connectivity index (χ3n) is 5.52. The molecule has 2 aliphatic rings. The van der Waals surface area contributed by atoms with Crippen LogP contribution in [0.25, 0.3) is 0 Å². The van der Waals surface area contributed by atoms with E-state index >= 15 is 0 Å². The third-order valence-corrected chi connectivity index (χ3v) is 6.26. The van der Waals surface area contributed by atoms with Crippen molar-refractivity contribution in [3.8, 4) is 5.75 Å². The number of methoxy groups -OCH3 is 1. The zero-order valence-electron chi connectivity index (χ0n) is 17.1. The third kappa shape index (κ3) is 6.42. The second-order valence-corrected chi connectivity index (χ2v) is 8.32. The van der Waals surface area contributed by atoms with Crippen molar-refractivity contribution in [3.05, 3.63) is 64.5 Å².